The third kappa shape index (κ3) is 4.58. The number of nitrogens with zero attached hydrogens (tertiary/aromatic N) is 6. The lowest BCUT2D eigenvalue weighted by Gasteiger charge is -2.33. The van der Waals surface area contributed by atoms with Gasteiger partial charge in [-0.3, -0.25) is 4.68 Å². The molecule has 3 aromatic heterocycles. The fourth-order valence-corrected chi connectivity index (χ4v) is 5.34. The molecule has 0 aromatic carbocycles. The van der Waals surface area contributed by atoms with Crippen LogP contribution < -0.4 is 0 Å². The Morgan fingerprint density at radius 1 is 1.24 bits per heavy atom. The van der Waals surface area contributed by atoms with Gasteiger partial charge in [-0.15, -0.1) is 11.3 Å². The number of aryl methyl sites for hydroxylation is 2. The Balaban J connectivity index is 1.24. The number of rotatable bonds is 8. The van der Waals surface area contributed by atoms with Gasteiger partial charge in [0.15, 0.2) is 0 Å². The van der Waals surface area contributed by atoms with E-state index in [0.717, 1.165) is 17.8 Å². The molecule has 1 aliphatic heterocycles. The molecule has 0 bridgehead atoms. The molecule has 156 valence electrons. The average Bonchev–Trinajstić information content (AvgIpc) is 3.49. The van der Waals surface area contributed by atoms with Crippen molar-refractivity contribution in [3.05, 3.63) is 35.8 Å². The molecular formula is C18H24N6O3S2. The van der Waals surface area contributed by atoms with Crippen molar-refractivity contribution in [3.63, 3.8) is 0 Å². The van der Waals surface area contributed by atoms with E-state index in [1.54, 1.807) is 26.5 Å². The predicted molar refractivity (Wildman–Crippen MR) is 109 cm³/mol. The molecule has 4 heterocycles. The van der Waals surface area contributed by atoms with Crippen molar-refractivity contribution in [2.45, 2.75) is 31.2 Å². The highest BCUT2D eigenvalue weighted by molar-refractivity contribution is 7.89. The zero-order valence-corrected chi connectivity index (χ0v) is 17.9. The van der Waals surface area contributed by atoms with E-state index in [9.17, 15) is 8.42 Å². The van der Waals surface area contributed by atoms with Crippen molar-refractivity contribution < 1.29 is 12.9 Å². The first-order valence-corrected chi connectivity index (χ1v) is 12.0. The Labute approximate surface area is 174 Å². The molecule has 0 N–H and O–H groups in total. The van der Waals surface area contributed by atoms with Gasteiger partial charge in [0, 0.05) is 45.3 Å². The van der Waals surface area contributed by atoms with E-state index < -0.39 is 10.0 Å². The van der Waals surface area contributed by atoms with E-state index in [1.807, 2.05) is 24.4 Å². The summed E-state index contributed by atoms with van der Waals surface area (Å²) >= 11 is 1.59. The molecule has 3 aromatic rings. The van der Waals surface area contributed by atoms with Gasteiger partial charge in [0.25, 0.3) is 0 Å². The van der Waals surface area contributed by atoms with E-state index in [4.69, 9.17) is 4.52 Å². The van der Waals surface area contributed by atoms with Crippen LogP contribution in [-0.2, 0) is 23.0 Å². The molecule has 0 radical (unpaired) electrons. The van der Waals surface area contributed by atoms with Gasteiger partial charge in [0.05, 0.1) is 11.1 Å². The zero-order valence-electron chi connectivity index (χ0n) is 16.3. The molecule has 0 aliphatic carbocycles. The number of hydrogen-bond acceptors (Lipinski definition) is 8. The Hall–Kier alpha value is -2.08. The third-order valence-corrected chi connectivity index (χ3v) is 7.69. The number of hydrogen-bond donors (Lipinski definition) is 0. The highest BCUT2D eigenvalue weighted by Crippen LogP contribution is 2.22. The second-order valence-corrected chi connectivity index (χ2v) is 9.76. The molecule has 0 amide bonds. The first kappa shape index (κ1) is 20.2. The summed E-state index contributed by atoms with van der Waals surface area (Å²) in [6.45, 7) is 5.86. The summed E-state index contributed by atoms with van der Waals surface area (Å²) in [5.74, 6) is 1.28. The summed E-state index contributed by atoms with van der Waals surface area (Å²) < 4.78 is 34.0. The summed E-state index contributed by atoms with van der Waals surface area (Å²) in [5.41, 5.74) is 0. The van der Waals surface area contributed by atoms with Crippen molar-refractivity contribution in [3.8, 4) is 10.7 Å². The lowest BCUT2D eigenvalue weighted by Crippen LogP contribution is -2.48. The minimum absolute atomic E-state index is 0.269. The summed E-state index contributed by atoms with van der Waals surface area (Å²) in [6, 6.07) is 3.94. The van der Waals surface area contributed by atoms with Gasteiger partial charge in [-0.25, -0.2) is 8.42 Å². The second kappa shape index (κ2) is 8.74. The fourth-order valence-electron chi connectivity index (χ4n) is 3.31. The van der Waals surface area contributed by atoms with E-state index in [-0.39, 0.29) is 4.90 Å². The first-order valence-electron chi connectivity index (χ1n) is 9.67. The molecule has 9 nitrogen and oxygen atoms in total. The van der Waals surface area contributed by atoms with Crippen molar-refractivity contribution in [1.82, 2.24) is 29.1 Å². The lowest BCUT2D eigenvalue weighted by molar-refractivity contribution is 0.185. The number of piperazine rings is 1. The standard InChI is InChI=1S/C18H24N6O3S2/c1-2-23-14-15(13-19-23)29(25,26)24-10-8-22(9-11-24)7-3-6-17-20-18(21-27-17)16-5-4-12-28-16/h4-5,12-14H,2-3,6-11H2,1H3. The van der Waals surface area contributed by atoms with Crippen molar-refractivity contribution in [2.75, 3.05) is 32.7 Å². The molecule has 29 heavy (non-hydrogen) atoms. The fraction of sp³-hybridized carbons (Fsp3) is 0.500. The van der Waals surface area contributed by atoms with Crippen LogP contribution in [0.15, 0.2) is 39.3 Å². The smallest absolute Gasteiger partial charge is 0.246 e. The molecule has 1 saturated heterocycles. The molecule has 0 spiro atoms. The molecule has 1 aliphatic rings. The van der Waals surface area contributed by atoms with Gasteiger partial charge < -0.3 is 9.42 Å². The van der Waals surface area contributed by atoms with Crippen LogP contribution in [0.5, 0.6) is 0 Å². The van der Waals surface area contributed by atoms with Crippen LogP contribution in [0.2, 0.25) is 0 Å². The maximum Gasteiger partial charge on any atom is 0.246 e. The summed E-state index contributed by atoms with van der Waals surface area (Å²) in [4.78, 5) is 7.99. The average molecular weight is 437 g/mol. The van der Waals surface area contributed by atoms with Crippen LogP contribution >= 0.6 is 11.3 Å². The number of sulfonamides is 1. The zero-order chi connectivity index (χ0) is 20.3. The van der Waals surface area contributed by atoms with Gasteiger partial charge in [0.2, 0.25) is 21.7 Å². The van der Waals surface area contributed by atoms with E-state index in [2.05, 4.69) is 20.1 Å². The Kier molecular flexibility index (Phi) is 6.09. The molecule has 0 saturated carbocycles. The molecule has 4 rings (SSSR count). The summed E-state index contributed by atoms with van der Waals surface area (Å²) in [6.07, 6.45) is 4.63. The minimum atomic E-state index is -3.47. The molecule has 0 atom stereocenters. The van der Waals surface area contributed by atoms with E-state index >= 15 is 0 Å². The highest BCUT2D eigenvalue weighted by atomic mass is 32.2. The van der Waals surface area contributed by atoms with Crippen molar-refractivity contribution in [2.24, 2.45) is 0 Å². The summed E-state index contributed by atoms with van der Waals surface area (Å²) in [5, 5.41) is 10.1. The van der Waals surface area contributed by atoms with Gasteiger partial charge in [-0.05, 0) is 31.3 Å². The maximum atomic E-state index is 12.7. The van der Waals surface area contributed by atoms with Gasteiger partial charge in [-0.2, -0.15) is 14.4 Å². The van der Waals surface area contributed by atoms with Crippen LogP contribution in [0.1, 0.15) is 19.2 Å². The molecular weight excluding hydrogens is 412 g/mol. The van der Waals surface area contributed by atoms with Gasteiger partial charge in [-0.1, -0.05) is 11.2 Å². The van der Waals surface area contributed by atoms with Crippen molar-refractivity contribution >= 4 is 21.4 Å². The van der Waals surface area contributed by atoms with Crippen LogP contribution in [0, 0.1) is 0 Å². The Morgan fingerprint density at radius 2 is 2.07 bits per heavy atom. The van der Waals surface area contributed by atoms with Gasteiger partial charge >= 0.3 is 0 Å². The van der Waals surface area contributed by atoms with Crippen LogP contribution in [0.4, 0.5) is 0 Å². The topological polar surface area (TPSA) is 97.4 Å². The normalized spacial score (nSPS) is 16.4. The molecule has 1 fully saturated rings. The van der Waals surface area contributed by atoms with Gasteiger partial charge in [0.1, 0.15) is 4.90 Å². The van der Waals surface area contributed by atoms with Crippen LogP contribution in [0.25, 0.3) is 10.7 Å². The predicted octanol–water partition coefficient (Wildman–Crippen LogP) is 1.95. The van der Waals surface area contributed by atoms with Crippen molar-refractivity contribution in [1.29, 1.82) is 0 Å². The highest BCUT2D eigenvalue weighted by Gasteiger charge is 2.29. The number of aromatic nitrogens is 4. The van der Waals surface area contributed by atoms with E-state index in [0.29, 0.717) is 50.9 Å². The second-order valence-electron chi connectivity index (χ2n) is 6.87. The Morgan fingerprint density at radius 3 is 2.76 bits per heavy atom. The van der Waals surface area contributed by atoms with Crippen LogP contribution in [-0.4, -0.2) is 70.3 Å². The van der Waals surface area contributed by atoms with E-state index in [1.165, 1.54) is 6.20 Å². The quantitative estimate of drug-likeness (QED) is 0.532. The SMILES string of the molecule is CCn1cc(S(=O)(=O)N2CCN(CCCc3nc(-c4cccs4)no3)CC2)cn1. The Bertz CT molecular complexity index is 1020. The first-order chi connectivity index (χ1) is 14.1. The maximum absolute atomic E-state index is 12.7. The lowest BCUT2D eigenvalue weighted by atomic mass is 10.2. The van der Waals surface area contributed by atoms with Crippen LogP contribution in [0.3, 0.4) is 0 Å². The molecule has 11 heteroatoms. The minimum Gasteiger partial charge on any atom is -0.339 e. The summed E-state index contributed by atoms with van der Waals surface area (Å²) in [7, 11) is -3.47. The third-order valence-electron chi connectivity index (χ3n) is 4.98. The monoisotopic (exact) mass is 436 g/mol. The number of thiophene rings is 1. The largest absolute Gasteiger partial charge is 0.339 e. The molecule has 0 unspecified atom stereocenters.